The van der Waals surface area contributed by atoms with Crippen molar-refractivity contribution < 1.29 is 26.7 Å². The molecule has 86 valence electrons. The lowest BCUT2D eigenvalue weighted by Gasteiger charge is -2.09. The van der Waals surface area contributed by atoms with Crippen molar-refractivity contribution in [1.82, 2.24) is 4.98 Å². The summed E-state index contributed by atoms with van der Waals surface area (Å²) in [6.45, 7) is 0. The Hall–Kier alpha value is -1.91. The molecule has 1 heterocycles. The number of nitrogens with zero attached hydrogens (tertiary/aromatic N) is 2. The maximum atomic E-state index is 12.3. The number of halogens is 5. The predicted molar refractivity (Wildman–Crippen MR) is 40.6 cm³/mol. The van der Waals surface area contributed by atoms with Gasteiger partial charge >= 0.3 is 6.36 Å². The molecule has 1 aromatic rings. The minimum atomic E-state index is -4.99. The Morgan fingerprint density at radius 1 is 1.38 bits per heavy atom. The first kappa shape index (κ1) is 12.2. The molecule has 0 saturated carbocycles. The topological polar surface area (TPSA) is 45.9 Å². The van der Waals surface area contributed by atoms with Gasteiger partial charge in [-0.05, 0) is 6.07 Å². The molecule has 0 unspecified atom stereocenters. The molecule has 0 amide bonds. The SMILES string of the molecule is N#Cc1ncc(OC(F)(F)F)cc1C(F)F. The van der Waals surface area contributed by atoms with Crippen molar-refractivity contribution in [1.29, 1.82) is 5.26 Å². The molecule has 16 heavy (non-hydrogen) atoms. The summed E-state index contributed by atoms with van der Waals surface area (Å²) in [6, 6.07) is 1.77. The first-order valence-electron chi connectivity index (χ1n) is 3.77. The van der Waals surface area contributed by atoms with Crippen LogP contribution in [-0.4, -0.2) is 11.3 Å². The summed E-state index contributed by atoms with van der Waals surface area (Å²) < 4.78 is 63.2. The number of pyridine rings is 1. The van der Waals surface area contributed by atoms with Crippen LogP contribution in [0.5, 0.6) is 5.75 Å². The fourth-order valence-corrected chi connectivity index (χ4v) is 0.911. The van der Waals surface area contributed by atoms with Gasteiger partial charge in [0.15, 0.2) is 0 Å². The highest BCUT2D eigenvalue weighted by Gasteiger charge is 2.32. The van der Waals surface area contributed by atoms with E-state index in [0.717, 1.165) is 0 Å². The van der Waals surface area contributed by atoms with Crippen LogP contribution < -0.4 is 4.74 Å². The zero-order valence-corrected chi connectivity index (χ0v) is 7.42. The van der Waals surface area contributed by atoms with Crippen LogP contribution >= 0.6 is 0 Å². The summed E-state index contributed by atoms with van der Waals surface area (Å²) in [5.41, 5.74) is -1.53. The van der Waals surface area contributed by atoms with E-state index in [2.05, 4.69) is 9.72 Å². The normalized spacial score (nSPS) is 11.3. The van der Waals surface area contributed by atoms with Gasteiger partial charge in [0.2, 0.25) is 0 Å². The fourth-order valence-electron chi connectivity index (χ4n) is 0.911. The molecule has 0 spiro atoms. The molecule has 8 heteroatoms. The summed E-state index contributed by atoms with van der Waals surface area (Å²) >= 11 is 0. The van der Waals surface area contributed by atoms with Gasteiger partial charge in [-0.25, -0.2) is 13.8 Å². The largest absolute Gasteiger partial charge is 0.573 e. The molecule has 0 fully saturated rings. The molecule has 0 aliphatic carbocycles. The average molecular weight is 238 g/mol. The molecular formula is C8H3F5N2O. The van der Waals surface area contributed by atoms with E-state index in [1.165, 1.54) is 6.07 Å². The van der Waals surface area contributed by atoms with Crippen molar-refractivity contribution in [3.05, 3.63) is 23.5 Å². The van der Waals surface area contributed by atoms with Crippen molar-refractivity contribution in [2.75, 3.05) is 0 Å². The molecule has 0 aromatic carbocycles. The van der Waals surface area contributed by atoms with E-state index in [1.54, 1.807) is 0 Å². The van der Waals surface area contributed by atoms with Crippen LogP contribution in [0.25, 0.3) is 0 Å². The Bertz CT molecular complexity index is 423. The summed E-state index contributed by atoms with van der Waals surface area (Å²) in [7, 11) is 0. The van der Waals surface area contributed by atoms with E-state index < -0.39 is 29.8 Å². The summed E-state index contributed by atoms with van der Waals surface area (Å²) in [4.78, 5) is 3.14. The zero-order chi connectivity index (χ0) is 12.3. The van der Waals surface area contributed by atoms with Crippen LogP contribution in [0.4, 0.5) is 22.0 Å². The molecule has 0 N–H and O–H groups in total. The van der Waals surface area contributed by atoms with Crippen molar-refractivity contribution in [3.63, 3.8) is 0 Å². The van der Waals surface area contributed by atoms with E-state index in [9.17, 15) is 22.0 Å². The number of hydrogen-bond acceptors (Lipinski definition) is 3. The van der Waals surface area contributed by atoms with E-state index in [1.807, 2.05) is 0 Å². The lowest BCUT2D eigenvalue weighted by molar-refractivity contribution is -0.274. The van der Waals surface area contributed by atoms with Gasteiger partial charge in [0.25, 0.3) is 6.43 Å². The second-order valence-corrected chi connectivity index (χ2v) is 2.57. The maximum absolute atomic E-state index is 12.3. The lowest BCUT2D eigenvalue weighted by Crippen LogP contribution is -2.17. The van der Waals surface area contributed by atoms with Gasteiger partial charge in [0, 0.05) is 0 Å². The summed E-state index contributed by atoms with van der Waals surface area (Å²) in [6.07, 6.45) is -7.54. The minimum Gasteiger partial charge on any atom is -0.404 e. The van der Waals surface area contributed by atoms with E-state index >= 15 is 0 Å². The molecular weight excluding hydrogens is 235 g/mol. The van der Waals surface area contributed by atoms with Crippen molar-refractivity contribution in [3.8, 4) is 11.8 Å². The van der Waals surface area contributed by atoms with Gasteiger partial charge in [-0.3, -0.25) is 0 Å². The molecule has 0 atom stereocenters. The molecule has 0 aliphatic rings. The smallest absolute Gasteiger partial charge is 0.404 e. The monoisotopic (exact) mass is 238 g/mol. The van der Waals surface area contributed by atoms with E-state index in [4.69, 9.17) is 5.26 Å². The Balaban J connectivity index is 3.09. The molecule has 3 nitrogen and oxygen atoms in total. The lowest BCUT2D eigenvalue weighted by atomic mass is 10.2. The Labute approximate surface area is 86.1 Å². The number of alkyl halides is 5. The van der Waals surface area contributed by atoms with Gasteiger partial charge in [0.1, 0.15) is 17.5 Å². The van der Waals surface area contributed by atoms with Crippen LogP contribution in [0.3, 0.4) is 0 Å². The van der Waals surface area contributed by atoms with E-state index in [0.29, 0.717) is 12.3 Å². The average Bonchev–Trinajstić information content (AvgIpc) is 2.15. The standard InChI is InChI=1S/C8H3F5N2O/c9-7(10)5-1-4(16-8(11,12)13)3-15-6(5)2-14/h1,3,7H. The molecule has 1 aromatic heterocycles. The van der Waals surface area contributed by atoms with Gasteiger partial charge in [-0.1, -0.05) is 0 Å². The number of rotatable bonds is 2. The number of hydrogen-bond donors (Lipinski definition) is 0. The highest BCUT2D eigenvalue weighted by atomic mass is 19.4. The van der Waals surface area contributed by atoms with Crippen molar-refractivity contribution >= 4 is 0 Å². The third kappa shape index (κ3) is 3.05. The molecule has 0 radical (unpaired) electrons. The third-order valence-electron chi connectivity index (χ3n) is 1.47. The first-order valence-corrected chi connectivity index (χ1v) is 3.77. The Morgan fingerprint density at radius 2 is 2.00 bits per heavy atom. The van der Waals surface area contributed by atoms with Crippen LogP contribution in [0, 0.1) is 11.3 Å². The number of ether oxygens (including phenoxy) is 1. The zero-order valence-electron chi connectivity index (χ0n) is 7.42. The van der Waals surface area contributed by atoms with Crippen LogP contribution in [0.1, 0.15) is 17.7 Å². The van der Waals surface area contributed by atoms with Gasteiger partial charge < -0.3 is 4.74 Å². The third-order valence-corrected chi connectivity index (χ3v) is 1.47. The number of aromatic nitrogens is 1. The second kappa shape index (κ2) is 4.30. The van der Waals surface area contributed by atoms with Crippen LogP contribution in [0.2, 0.25) is 0 Å². The second-order valence-electron chi connectivity index (χ2n) is 2.57. The maximum Gasteiger partial charge on any atom is 0.573 e. The summed E-state index contributed by atoms with van der Waals surface area (Å²) in [5, 5.41) is 8.38. The van der Waals surface area contributed by atoms with Gasteiger partial charge in [-0.15, -0.1) is 13.2 Å². The van der Waals surface area contributed by atoms with Gasteiger partial charge in [0.05, 0.1) is 11.8 Å². The first-order chi connectivity index (χ1) is 7.33. The molecule has 0 aliphatic heterocycles. The van der Waals surface area contributed by atoms with Crippen LogP contribution in [-0.2, 0) is 0 Å². The van der Waals surface area contributed by atoms with Crippen molar-refractivity contribution in [2.24, 2.45) is 0 Å². The fraction of sp³-hybridized carbons (Fsp3) is 0.250. The predicted octanol–water partition coefficient (Wildman–Crippen LogP) is 2.79. The minimum absolute atomic E-state index is 0.434. The van der Waals surface area contributed by atoms with Crippen molar-refractivity contribution in [2.45, 2.75) is 12.8 Å². The molecule has 0 saturated heterocycles. The molecule has 0 bridgehead atoms. The molecule has 1 rings (SSSR count). The van der Waals surface area contributed by atoms with Gasteiger partial charge in [-0.2, -0.15) is 5.26 Å². The number of nitriles is 1. The quantitative estimate of drug-likeness (QED) is 0.744. The van der Waals surface area contributed by atoms with Crippen LogP contribution in [0.15, 0.2) is 12.3 Å². The highest BCUT2D eigenvalue weighted by molar-refractivity contribution is 5.37. The van der Waals surface area contributed by atoms with E-state index in [-0.39, 0.29) is 0 Å². The Kier molecular flexibility index (Phi) is 3.27. The Morgan fingerprint density at radius 3 is 2.44 bits per heavy atom. The highest BCUT2D eigenvalue weighted by Crippen LogP contribution is 2.28. The summed E-state index contributed by atoms with van der Waals surface area (Å²) in [5.74, 6) is -0.887.